The molecule has 0 atom stereocenters. The molecule has 0 amide bonds. The van der Waals surface area contributed by atoms with Gasteiger partial charge in [0.1, 0.15) is 5.75 Å². The van der Waals surface area contributed by atoms with Crippen molar-refractivity contribution in [1.29, 1.82) is 0 Å². The topological polar surface area (TPSA) is 33.1 Å². The van der Waals surface area contributed by atoms with Crippen LogP contribution in [-0.2, 0) is 0 Å². The van der Waals surface area contributed by atoms with Gasteiger partial charge in [0, 0.05) is 6.07 Å². The van der Waals surface area contributed by atoms with Gasteiger partial charge in [-0.05, 0) is 13.8 Å². The molecule has 10 heavy (non-hydrogen) atoms. The van der Waals surface area contributed by atoms with Gasteiger partial charge in [-0.25, -0.2) is 0 Å². The van der Waals surface area contributed by atoms with Crippen LogP contribution >= 0.6 is 11.6 Å². The highest BCUT2D eigenvalue weighted by Gasteiger charge is 2.00. The molecule has 2 nitrogen and oxygen atoms in total. The molecule has 0 saturated carbocycles. The maximum absolute atomic E-state index is 9.08. The van der Waals surface area contributed by atoms with Crippen molar-refractivity contribution in [3.8, 4) is 5.75 Å². The van der Waals surface area contributed by atoms with Crippen LogP contribution in [0.25, 0.3) is 0 Å². The van der Waals surface area contributed by atoms with Gasteiger partial charge in [0.2, 0.25) is 0 Å². The van der Waals surface area contributed by atoms with E-state index in [0.717, 1.165) is 5.69 Å². The molecule has 0 aliphatic carbocycles. The molecule has 3 heteroatoms. The van der Waals surface area contributed by atoms with E-state index in [9.17, 15) is 0 Å². The second-order valence-electron chi connectivity index (χ2n) is 2.16. The first kappa shape index (κ1) is 7.35. The lowest BCUT2D eigenvalue weighted by Gasteiger charge is -2.00. The van der Waals surface area contributed by atoms with Crippen molar-refractivity contribution in [3.63, 3.8) is 0 Å². The second-order valence-corrected chi connectivity index (χ2v) is 2.57. The summed E-state index contributed by atoms with van der Waals surface area (Å²) in [6, 6.07) is 1.50. The van der Waals surface area contributed by atoms with Crippen molar-refractivity contribution < 1.29 is 5.11 Å². The predicted molar refractivity (Wildman–Crippen MR) is 40.4 cm³/mol. The lowest BCUT2D eigenvalue weighted by Crippen LogP contribution is -1.86. The summed E-state index contributed by atoms with van der Waals surface area (Å²) >= 11 is 5.66. The smallest absolute Gasteiger partial charge is 0.138 e. The molecule has 1 aromatic heterocycles. The van der Waals surface area contributed by atoms with Crippen LogP contribution in [0.5, 0.6) is 5.75 Å². The Bertz CT molecular complexity index is 210. The van der Waals surface area contributed by atoms with Crippen LogP contribution in [0.4, 0.5) is 0 Å². The summed E-state index contributed by atoms with van der Waals surface area (Å²) in [7, 11) is 0. The van der Waals surface area contributed by atoms with Gasteiger partial charge in [-0.2, -0.15) is 0 Å². The number of hydrogen-bond acceptors (Lipinski definition) is 2. The predicted octanol–water partition coefficient (Wildman–Crippen LogP) is 2.06. The minimum absolute atomic E-state index is 0.149. The number of aryl methyl sites for hydroxylation is 2. The van der Waals surface area contributed by atoms with E-state index in [2.05, 4.69) is 4.98 Å². The molecule has 0 aliphatic heterocycles. The Hall–Kier alpha value is -0.760. The number of pyridine rings is 1. The fourth-order valence-electron chi connectivity index (χ4n) is 0.691. The first-order chi connectivity index (χ1) is 4.61. The molecule has 0 saturated heterocycles. The Morgan fingerprint density at radius 3 is 2.50 bits per heavy atom. The Labute approximate surface area is 64.5 Å². The number of hydrogen-bond donors (Lipinski definition) is 1. The van der Waals surface area contributed by atoms with Crippen molar-refractivity contribution in [2.75, 3.05) is 0 Å². The summed E-state index contributed by atoms with van der Waals surface area (Å²) < 4.78 is 0. The van der Waals surface area contributed by atoms with Gasteiger partial charge in [-0.1, -0.05) is 11.6 Å². The van der Waals surface area contributed by atoms with Gasteiger partial charge in [-0.15, -0.1) is 0 Å². The normalized spacial score (nSPS) is 9.90. The number of halogens is 1. The standard InChI is InChI=1S/C7H8ClNO/c1-4-6(8)3-7(10)5(2)9-4/h3,10H,1-2H3. The van der Waals surface area contributed by atoms with Crippen LogP contribution < -0.4 is 0 Å². The summed E-state index contributed by atoms with van der Waals surface area (Å²) in [5, 5.41) is 9.58. The Morgan fingerprint density at radius 2 is 2.00 bits per heavy atom. The molecule has 0 bridgehead atoms. The van der Waals surface area contributed by atoms with Crippen molar-refractivity contribution in [2.45, 2.75) is 13.8 Å². The van der Waals surface area contributed by atoms with E-state index in [4.69, 9.17) is 16.7 Å². The molecule has 1 heterocycles. The molecule has 1 aromatic rings. The fourth-order valence-corrected chi connectivity index (χ4v) is 0.837. The maximum atomic E-state index is 9.08. The highest BCUT2D eigenvalue weighted by molar-refractivity contribution is 6.31. The number of rotatable bonds is 0. The average Bonchev–Trinajstić information content (AvgIpc) is 1.84. The Kier molecular flexibility index (Phi) is 1.81. The van der Waals surface area contributed by atoms with E-state index >= 15 is 0 Å². The largest absolute Gasteiger partial charge is 0.506 e. The molecule has 0 fully saturated rings. The zero-order valence-electron chi connectivity index (χ0n) is 5.85. The molecular weight excluding hydrogens is 150 g/mol. The van der Waals surface area contributed by atoms with E-state index < -0.39 is 0 Å². The summed E-state index contributed by atoms with van der Waals surface area (Å²) in [6.45, 7) is 3.54. The van der Waals surface area contributed by atoms with Crippen molar-refractivity contribution in [3.05, 3.63) is 22.5 Å². The van der Waals surface area contributed by atoms with Gasteiger partial charge >= 0.3 is 0 Å². The summed E-state index contributed by atoms with van der Waals surface area (Å²) in [6.07, 6.45) is 0. The molecule has 0 aromatic carbocycles. The zero-order chi connectivity index (χ0) is 7.72. The lowest BCUT2D eigenvalue weighted by atomic mass is 10.3. The van der Waals surface area contributed by atoms with Gasteiger partial charge < -0.3 is 5.11 Å². The minimum atomic E-state index is 0.149. The molecule has 0 spiro atoms. The van der Waals surface area contributed by atoms with Crippen molar-refractivity contribution in [2.24, 2.45) is 0 Å². The lowest BCUT2D eigenvalue weighted by molar-refractivity contribution is 0.467. The maximum Gasteiger partial charge on any atom is 0.138 e. The Morgan fingerprint density at radius 1 is 1.40 bits per heavy atom. The molecule has 54 valence electrons. The number of aromatic hydroxyl groups is 1. The summed E-state index contributed by atoms with van der Waals surface area (Å²) in [5.41, 5.74) is 1.36. The third-order valence-electron chi connectivity index (χ3n) is 1.32. The molecular formula is C7H8ClNO. The van der Waals surface area contributed by atoms with Gasteiger partial charge in [0.25, 0.3) is 0 Å². The van der Waals surface area contributed by atoms with Gasteiger partial charge in [0.05, 0.1) is 16.4 Å². The molecule has 0 unspecified atom stereocenters. The Balaban J connectivity index is 3.28. The molecule has 1 N–H and O–H groups in total. The second kappa shape index (κ2) is 2.46. The highest BCUT2D eigenvalue weighted by atomic mass is 35.5. The van der Waals surface area contributed by atoms with E-state index in [1.54, 1.807) is 13.8 Å². The van der Waals surface area contributed by atoms with Crippen LogP contribution in [0, 0.1) is 13.8 Å². The number of aromatic nitrogens is 1. The first-order valence-corrected chi connectivity index (χ1v) is 3.32. The third-order valence-corrected chi connectivity index (χ3v) is 1.70. The zero-order valence-corrected chi connectivity index (χ0v) is 6.61. The van der Waals surface area contributed by atoms with Gasteiger partial charge in [-0.3, -0.25) is 4.98 Å². The minimum Gasteiger partial charge on any atom is -0.506 e. The van der Waals surface area contributed by atoms with Crippen molar-refractivity contribution in [1.82, 2.24) is 4.98 Å². The molecule has 0 radical (unpaired) electrons. The molecule has 1 rings (SSSR count). The summed E-state index contributed by atoms with van der Waals surface area (Å²) in [5.74, 6) is 0.149. The monoisotopic (exact) mass is 157 g/mol. The van der Waals surface area contributed by atoms with Gasteiger partial charge in [0.15, 0.2) is 0 Å². The van der Waals surface area contributed by atoms with E-state index in [1.807, 2.05) is 0 Å². The third kappa shape index (κ3) is 1.21. The van der Waals surface area contributed by atoms with E-state index in [0.29, 0.717) is 10.7 Å². The van der Waals surface area contributed by atoms with Crippen LogP contribution in [0.1, 0.15) is 11.4 Å². The van der Waals surface area contributed by atoms with Crippen LogP contribution in [0.3, 0.4) is 0 Å². The van der Waals surface area contributed by atoms with E-state index in [1.165, 1.54) is 6.07 Å². The number of nitrogens with zero attached hydrogens (tertiary/aromatic N) is 1. The first-order valence-electron chi connectivity index (χ1n) is 2.94. The SMILES string of the molecule is Cc1nc(C)c(Cl)cc1O. The van der Waals surface area contributed by atoms with E-state index in [-0.39, 0.29) is 5.75 Å². The fraction of sp³-hybridized carbons (Fsp3) is 0.286. The summed E-state index contributed by atoms with van der Waals surface area (Å²) in [4.78, 5) is 3.99. The average molecular weight is 158 g/mol. The highest BCUT2D eigenvalue weighted by Crippen LogP contribution is 2.21. The van der Waals surface area contributed by atoms with Crippen LogP contribution in [0.15, 0.2) is 6.07 Å². The quantitative estimate of drug-likeness (QED) is 0.626. The molecule has 0 aliphatic rings. The van der Waals surface area contributed by atoms with Crippen LogP contribution in [-0.4, -0.2) is 10.1 Å². The van der Waals surface area contributed by atoms with Crippen LogP contribution in [0.2, 0.25) is 5.02 Å². The van der Waals surface area contributed by atoms with Crippen molar-refractivity contribution >= 4 is 11.6 Å².